The molecule has 1 rings (SSSR count). The Morgan fingerprint density at radius 1 is 1.12 bits per heavy atom. The second-order valence-corrected chi connectivity index (χ2v) is 4.06. The minimum absolute atomic E-state index is 0.409. The van der Waals surface area contributed by atoms with Crippen molar-refractivity contribution >= 4 is 14.4 Å². The third-order valence-corrected chi connectivity index (χ3v) is 3.36. The Bertz CT molecular complexity index is 397. The van der Waals surface area contributed by atoms with Gasteiger partial charge in [0.1, 0.15) is 0 Å². The van der Waals surface area contributed by atoms with Gasteiger partial charge in [-0.05, 0) is 24.3 Å². The fraction of sp³-hybridized carbons (Fsp3) is 0.364. The molecule has 0 aromatic heterocycles. The molecule has 1 aromatic rings. The summed E-state index contributed by atoms with van der Waals surface area (Å²) in [7, 11) is 3.30. The molecule has 6 heteroatoms. The van der Waals surface area contributed by atoms with Crippen LogP contribution in [0.5, 0.6) is 0 Å². The maximum absolute atomic E-state index is 11.2. The van der Waals surface area contributed by atoms with E-state index in [9.17, 15) is 9.36 Å². The number of methoxy groups -OCH3 is 3. The number of hydrogen-bond donors (Lipinski definition) is 0. The largest absolute Gasteiger partial charge is 0.465 e. The molecule has 1 unspecified atom stereocenters. The first-order valence-corrected chi connectivity index (χ1v) is 5.72. The number of rotatable bonds is 5. The summed E-state index contributed by atoms with van der Waals surface area (Å²) in [5.41, 5.74) is -0.302. The Hall–Kier alpha value is -1.29. The van der Waals surface area contributed by atoms with Crippen molar-refractivity contribution in [2.75, 3.05) is 21.3 Å². The van der Waals surface area contributed by atoms with Gasteiger partial charge in [0.25, 0.3) is 0 Å². The summed E-state index contributed by atoms with van der Waals surface area (Å²) in [4.78, 5) is 11.2. The summed E-state index contributed by atoms with van der Waals surface area (Å²) in [6.45, 7) is 0. The molecule has 0 bridgehead atoms. The summed E-state index contributed by atoms with van der Waals surface area (Å²) >= 11 is 0. The second-order valence-electron chi connectivity index (χ2n) is 3.20. The van der Waals surface area contributed by atoms with Crippen LogP contribution in [0.1, 0.15) is 15.9 Å². The lowest BCUT2D eigenvalue weighted by molar-refractivity contribution is -0.144. The van der Waals surface area contributed by atoms with E-state index in [1.165, 1.54) is 21.3 Å². The van der Waals surface area contributed by atoms with Crippen molar-refractivity contribution in [2.24, 2.45) is 0 Å². The summed E-state index contributed by atoms with van der Waals surface area (Å²) in [6.07, 6.45) is 0. The fourth-order valence-corrected chi connectivity index (χ4v) is 1.86. The van der Waals surface area contributed by atoms with Crippen LogP contribution in [-0.4, -0.2) is 27.3 Å². The molecule has 1 atom stereocenters. The van der Waals surface area contributed by atoms with Crippen LogP contribution >= 0.6 is 8.46 Å². The first-order chi connectivity index (χ1) is 8.13. The van der Waals surface area contributed by atoms with E-state index in [-0.39, 0.29) is 0 Å². The SMILES string of the molecule is COC(=O)c1ccc(C(OC)(OC)[PH+]=O)cc1. The molecule has 5 nitrogen and oxygen atoms in total. The Balaban J connectivity index is 3.08. The van der Waals surface area contributed by atoms with Gasteiger partial charge in [-0.2, -0.15) is 0 Å². The second kappa shape index (κ2) is 5.87. The number of hydrogen-bond acceptors (Lipinski definition) is 5. The lowest BCUT2D eigenvalue weighted by atomic mass is 10.1. The van der Waals surface area contributed by atoms with E-state index in [0.29, 0.717) is 11.1 Å². The number of carbonyl (C=O) groups excluding carboxylic acids is 1. The monoisotopic (exact) mass is 257 g/mol. The van der Waals surface area contributed by atoms with Gasteiger partial charge in [-0.1, -0.05) is 4.57 Å². The highest BCUT2D eigenvalue weighted by Gasteiger charge is 2.42. The average molecular weight is 257 g/mol. The molecule has 0 spiro atoms. The molecule has 92 valence electrons. The molecular weight excluding hydrogens is 243 g/mol. The van der Waals surface area contributed by atoms with Gasteiger partial charge in [-0.25, -0.2) is 4.79 Å². The zero-order valence-electron chi connectivity index (χ0n) is 9.85. The van der Waals surface area contributed by atoms with Crippen LogP contribution in [0.25, 0.3) is 0 Å². The standard InChI is InChI=1S/C11H13O5P/c1-14-10(12)8-4-6-9(7-5-8)11(15-2,16-3)17-13/h4-7H,1-3H3/p+1. The number of carbonyl (C=O) groups is 1. The van der Waals surface area contributed by atoms with E-state index in [2.05, 4.69) is 4.74 Å². The van der Waals surface area contributed by atoms with E-state index in [1.807, 2.05) is 0 Å². The van der Waals surface area contributed by atoms with Gasteiger partial charge in [-0.15, -0.1) is 0 Å². The maximum atomic E-state index is 11.2. The van der Waals surface area contributed by atoms with Gasteiger partial charge < -0.3 is 14.2 Å². The van der Waals surface area contributed by atoms with Crippen LogP contribution in [-0.2, 0) is 24.3 Å². The molecule has 0 radical (unpaired) electrons. The van der Waals surface area contributed by atoms with Crippen LogP contribution in [0, 0.1) is 0 Å². The normalized spacial score (nSPS) is 11.5. The molecular formula is C11H14O5P+. The van der Waals surface area contributed by atoms with Crippen molar-refractivity contribution in [2.45, 2.75) is 5.53 Å². The molecule has 0 heterocycles. The number of benzene rings is 1. The molecule has 0 saturated carbocycles. The Kier molecular flexibility index (Phi) is 4.75. The van der Waals surface area contributed by atoms with Crippen molar-refractivity contribution in [3.63, 3.8) is 0 Å². The van der Waals surface area contributed by atoms with Crippen LogP contribution in [0.15, 0.2) is 24.3 Å². The molecule has 0 amide bonds. The van der Waals surface area contributed by atoms with E-state index >= 15 is 0 Å². The van der Waals surface area contributed by atoms with Crippen molar-refractivity contribution < 1.29 is 23.6 Å². The highest BCUT2D eigenvalue weighted by Crippen LogP contribution is 2.36. The van der Waals surface area contributed by atoms with E-state index < -0.39 is 20.0 Å². The lowest BCUT2D eigenvalue weighted by Gasteiger charge is -2.17. The predicted molar refractivity (Wildman–Crippen MR) is 62.5 cm³/mol. The summed E-state index contributed by atoms with van der Waals surface area (Å²) in [5, 5.41) is 0. The highest BCUT2D eigenvalue weighted by atomic mass is 31.1. The molecule has 0 aliphatic carbocycles. The highest BCUT2D eigenvalue weighted by molar-refractivity contribution is 7.24. The quantitative estimate of drug-likeness (QED) is 0.458. The first-order valence-electron chi connectivity index (χ1n) is 4.82. The molecule has 0 saturated heterocycles. The molecule has 17 heavy (non-hydrogen) atoms. The van der Waals surface area contributed by atoms with Gasteiger partial charge in [0.15, 0.2) is 0 Å². The molecule has 0 fully saturated rings. The van der Waals surface area contributed by atoms with Gasteiger partial charge >= 0.3 is 20.0 Å². The third-order valence-electron chi connectivity index (χ3n) is 2.40. The smallest absolute Gasteiger partial charge is 0.399 e. The minimum Gasteiger partial charge on any atom is -0.465 e. The summed E-state index contributed by atoms with van der Waals surface area (Å²) in [6, 6.07) is 6.36. The van der Waals surface area contributed by atoms with E-state index in [4.69, 9.17) is 9.47 Å². The predicted octanol–water partition coefficient (Wildman–Crippen LogP) is 1.90. The molecule has 0 N–H and O–H groups in total. The van der Waals surface area contributed by atoms with Crippen molar-refractivity contribution in [1.29, 1.82) is 0 Å². The Morgan fingerprint density at radius 2 is 1.65 bits per heavy atom. The fourth-order valence-electron chi connectivity index (χ4n) is 1.40. The summed E-state index contributed by atoms with van der Waals surface area (Å²) < 4.78 is 26.0. The van der Waals surface area contributed by atoms with Crippen molar-refractivity contribution in [3.8, 4) is 0 Å². The van der Waals surface area contributed by atoms with Gasteiger partial charge in [0.2, 0.25) is 0 Å². The van der Waals surface area contributed by atoms with E-state index in [1.54, 1.807) is 24.3 Å². The van der Waals surface area contributed by atoms with Crippen LogP contribution in [0.3, 0.4) is 0 Å². The minimum atomic E-state index is -1.28. The zero-order valence-corrected chi connectivity index (χ0v) is 10.9. The van der Waals surface area contributed by atoms with Crippen LogP contribution in [0.2, 0.25) is 0 Å². The van der Waals surface area contributed by atoms with Crippen LogP contribution < -0.4 is 0 Å². The summed E-state index contributed by atoms with van der Waals surface area (Å²) in [5.74, 6) is -0.429. The van der Waals surface area contributed by atoms with Crippen molar-refractivity contribution in [1.82, 2.24) is 0 Å². The van der Waals surface area contributed by atoms with Gasteiger partial charge in [0.05, 0.1) is 18.2 Å². The maximum Gasteiger partial charge on any atom is 0.399 e. The Labute approximate surface area is 101 Å². The third kappa shape index (κ3) is 2.69. The van der Waals surface area contributed by atoms with Gasteiger partial charge in [0, 0.05) is 14.2 Å². The Morgan fingerprint density at radius 3 is 2.00 bits per heavy atom. The lowest BCUT2D eigenvalue weighted by Crippen LogP contribution is -2.23. The van der Waals surface area contributed by atoms with Gasteiger partial charge in [-0.3, -0.25) is 0 Å². The number of esters is 1. The average Bonchev–Trinajstić information content (AvgIpc) is 2.41. The first kappa shape index (κ1) is 13.8. The zero-order chi connectivity index (χ0) is 12.9. The molecule has 0 aliphatic rings. The van der Waals surface area contributed by atoms with Crippen LogP contribution in [0.4, 0.5) is 0 Å². The number of ether oxygens (including phenoxy) is 3. The van der Waals surface area contributed by atoms with E-state index in [0.717, 1.165) is 0 Å². The molecule has 1 aromatic carbocycles. The van der Waals surface area contributed by atoms with Crippen molar-refractivity contribution in [3.05, 3.63) is 35.4 Å². The topological polar surface area (TPSA) is 61.8 Å². The molecule has 0 aliphatic heterocycles.